The van der Waals surface area contributed by atoms with E-state index in [9.17, 15) is 4.79 Å². The number of hydrogen-bond acceptors (Lipinski definition) is 3. The lowest BCUT2D eigenvalue weighted by atomic mass is 9.79. The van der Waals surface area contributed by atoms with Crippen LogP contribution in [-0.2, 0) is 4.79 Å². The van der Waals surface area contributed by atoms with Crippen molar-refractivity contribution in [2.45, 2.75) is 38.5 Å². The molecule has 4 nitrogen and oxygen atoms in total. The molecule has 1 aliphatic rings. The average Bonchev–Trinajstić information content (AvgIpc) is 2.77. The number of oxazole rings is 1. The highest BCUT2D eigenvalue weighted by atomic mass is 16.4. The summed E-state index contributed by atoms with van der Waals surface area (Å²) in [6.07, 6.45) is 3.43. The molecular weight excluding hydrogens is 242 g/mol. The molecule has 1 fully saturated rings. The van der Waals surface area contributed by atoms with Gasteiger partial charge in [-0.25, -0.2) is 4.98 Å². The molecule has 0 amide bonds. The third-order valence-corrected chi connectivity index (χ3v) is 4.07. The summed E-state index contributed by atoms with van der Waals surface area (Å²) in [4.78, 5) is 15.3. The van der Waals surface area contributed by atoms with Crippen LogP contribution in [0.25, 0.3) is 11.1 Å². The summed E-state index contributed by atoms with van der Waals surface area (Å²) in [5, 5.41) is 9.02. The van der Waals surface area contributed by atoms with Crippen LogP contribution in [0.3, 0.4) is 0 Å². The summed E-state index contributed by atoms with van der Waals surface area (Å²) < 4.78 is 5.47. The normalized spacial score (nSPS) is 23.6. The highest BCUT2D eigenvalue weighted by molar-refractivity contribution is 5.73. The van der Waals surface area contributed by atoms with Gasteiger partial charge in [0.25, 0.3) is 0 Å². The van der Waals surface area contributed by atoms with E-state index in [1.165, 1.54) is 5.56 Å². The predicted octanol–water partition coefficient (Wildman–Crippen LogP) is 3.49. The number of benzene rings is 1. The van der Waals surface area contributed by atoms with Crippen molar-refractivity contribution < 1.29 is 14.3 Å². The largest absolute Gasteiger partial charge is 0.481 e. The van der Waals surface area contributed by atoms with E-state index in [4.69, 9.17) is 9.52 Å². The number of hydrogen-bond donors (Lipinski definition) is 1. The molecule has 19 heavy (non-hydrogen) atoms. The van der Waals surface area contributed by atoms with Crippen LogP contribution in [-0.4, -0.2) is 16.1 Å². The molecule has 0 spiro atoms. The third kappa shape index (κ3) is 2.35. The quantitative estimate of drug-likeness (QED) is 0.896. The van der Waals surface area contributed by atoms with Gasteiger partial charge in [-0.3, -0.25) is 4.79 Å². The molecule has 2 aromatic rings. The Balaban J connectivity index is 1.79. The molecule has 1 heterocycles. The van der Waals surface area contributed by atoms with Crippen LogP contribution >= 0.6 is 0 Å². The Morgan fingerprint density at radius 2 is 2.05 bits per heavy atom. The molecule has 1 aromatic carbocycles. The van der Waals surface area contributed by atoms with Gasteiger partial charge in [0.15, 0.2) is 11.5 Å². The number of aromatic nitrogens is 1. The van der Waals surface area contributed by atoms with E-state index in [0.717, 1.165) is 36.8 Å². The predicted molar refractivity (Wildman–Crippen MR) is 71.1 cm³/mol. The van der Waals surface area contributed by atoms with Gasteiger partial charge in [0.1, 0.15) is 5.52 Å². The summed E-state index contributed by atoms with van der Waals surface area (Å²) in [5.74, 6) is 0.328. The van der Waals surface area contributed by atoms with E-state index in [1.807, 2.05) is 13.0 Å². The molecule has 1 saturated carbocycles. The minimum absolute atomic E-state index is 0.158. The number of aryl methyl sites for hydroxylation is 1. The second-order valence-corrected chi connectivity index (χ2v) is 5.35. The first kappa shape index (κ1) is 12.2. The lowest BCUT2D eigenvalue weighted by Gasteiger charge is -2.26. The Morgan fingerprint density at radius 3 is 2.74 bits per heavy atom. The second-order valence-electron chi connectivity index (χ2n) is 5.35. The number of aliphatic carboxylic acids is 1. The van der Waals surface area contributed by atoms with Crippen LogP contribution in [0.1, 0.15) is 43.1 Å². The van der Waals surface area contributed by atoms with Crippen LogP contribution in [0.15, 0.2) is 22.6 Å². The highest BCUT2D eigenvalue weighted by Gasteiger charge is 2.26. The van der Waals surface area contributed by atoms with E-state index < -0.39 is 5.97 Å². The van der Waals surface area contributed by atoms with Gasteiger partial charge < -0.3 is 9.52 Å². The van der Waals surface area contributed by atoms with Crippen molar-refractivity contribution in [3.05, 3.63) is 29.7 Å². The molecule has 1 aliphatic carbocycles. The van der Waals surface area contributed by atoms with Crippen molar-refractivity contribution in [1.29, 1.82) is 0 Å². The zero-order chi connectivity index (χ0) is 13.4. The van der Waals surface area contributed by atoms with E-state index in [-0.39, 0.29) is 5.92 Å². The summed E-state index contributed by atoms with van der Waals surface area (Å²) in [6, 6.07) is 6.13. The number of nitrogens with zero attached hydrogens (tertiary/aromatic N) is 1. The zero-order valence-corrected chi connectivity index (χ0v) is 10.9. The van der Waals surface area contributed by atoms with E-state index in [0.29, 0.717) is 11.8 Å². The summed E-state index contributed by atoms with van der Waals surface area (Å²) in [7, 11) is 0. The topological polar surface area (TPSA) is 63.3 Å². The Labute approximate surface area is 111 Å². The highest BCUT2D eigenvalue weighted by Crippen LogP contribution is 2.36. The van der Waals surface area contributed by atoms with Crippen molar-refractivity contribution >= 4 is 17.1 Å². The van der Waals surface area contributed by atoms with Gasteiger partial charge in [-0.15, -0.1) is 0 Å². The van der Waals surface area contributed by atoms with Crippen molar-refractivity contribution in [3.63, 3.8) is 0 Å². The number of carboxylic acids is 1. The van der Waals surface area contributed by atoms with Gasteiger partial charge in [-0.1, -0.05) is 6.07 Å². The first-order valence-electron chi connectivity index (χ1n) is 6.73. The SMILES string of the molecule is Cc1nc2cc(C3CCC(C(=O)O)CC3)ccc2o1. The molecule has 1 aromatic heterocycles. The fourth-order valence-electron chi connectivity index (χ4n) is 2.99. The smallest absolute Gasteiger partial charge is 0.306 e. The summed E-state index contributed by atoms with van der Waals surface area (Å²) in [5.41, 5.74) is 2.97. The molecule has 4 heteroatoms. The number of rotatable bonds is 2. The Kier molecular flexibility index (Phi) is 3.01. The fourth-order valence-corrected chi connectivity index (χ4v) is 2.99. The third-order valence-electron chi connectivity index (χ3n) is 4.07. The molecule has 1 N–H and O–H groups in total. The van der Waals surface area contributed by atoms with E-state index >= 15 is 0 Å². The maximum atomic E-state index is 11.0. The van der Waals surface area contributed by atoms with Crippen molar-refractivity contribution in [1.82, 2.24) is 4.98 Å². The summed E-state index contributed by atoms with van der Waals surface area (Å²) >= 11 is 0. The van der Waals surface area contributed by atoms with Gasteiger partial charge in [0.05, 0.1) is 5.92 Å². The Hall–Kier alpha value is -1.84. The maximum absolute atomic E-state index is 11.0. The second kappa shape index (κ2) is 4.68. The fraction of sp³-hybridized carbons (Fsp3) is 0.467. The number of fused-ring (bicyclic) bond motifs is 1. The first-order valence-corrected chi connectivity index (χ1v) is 6.73. The zero-order valence-electron chi connectivity index (χ0n) is 10.9. The molecule has 0 aliphatic heterocycles. The first-order chi connectivity index (χ1) is 9.13. The molecule has 0 bridgehead atoms. The van der Waals surface area contributed by atoms with Gasteiger partial charge in [-0.2, -0.15) is 0 Å². The average molecular weight is 259 g/mol. The summed E-state index contributed by atoms with van der Waals surface area (Å²) in [6.45, 7) is 1.84. The molecule has 0 unspecified atom stereocenters. The van der Waals surface area contributed by atoms with Crippen LogP contribution in [0.2, 0.25) is 0 Å². The lowest BCUT2D eigenvalue weighted by Crippen LogP contribution is -2.20. The van der Waals surface area contributed by atoms with Crippen molar-refractivity contribution in [3.8, 4) is 0 Å². The Bertz CT molecular complexity index is 609. The molecule has 3 rings (SSSR count). The molecule has 0 atom stereocenters. The van der Waals surface area contributed by atoms with Gasteiger partial charge in [0.2, 0.25) is 0 Å². The lowest BCUT2D eigenvalue weighted by molar-refractivity contribution is -0.142. The van der Waals surface area contributed by atoms with Gasteiger partial charge >= 0.3 is 5.97 Å². The molecular formula is C15H17NO3. The molecule has 0 saturated heterocycles. The van der Waals surface area contributed by atoms with E-state index in [2.05, 4.69) is 17.1 Å². The number of carboxylic acid groups (broad SMARTS) is 1. The van der Waals surface area contributed by atoms with E-state index in [1.54, 1.807) is 0 Å². The van der Waals surface area contributed by atoms with Crippen LogP contribution in [0.5, 0.6) is 0 Å². The number of carbonyl (C=O) groups is 1. The monoisotopic (exact) mass is 259 g/mol. The Morgan fingerprint density at radius 1 is 1.32 bits per heavy atom. The van der Waals surface area contributed by atoms with Crippen LogP contribution in [0, 0.1) is 12.8 Å². The standard InChI is InChI=1S/C15H17NO3/c1-9-16-13-8-12(6-7-14(13)19-9)10-2-4-11(5-3-10)15(17)18/h6-8,10-11H,2-5H2,1H3,(H,17,18). The van der Waals surface area contributed by atoms with Crippen molar-refractivity contribution in [2.24, 2.45) is 5.92 Å². The molecule has 100 valence electrons. The minimum atomic E-state index is -0.652. The minimum Gasteiger partial charge on any atom is -0.481 e. The molecule has 0 radical (unpaired) electrons. The van der Waals surface area contributed by atoms with Gasteiger partial charge in [-0.05, 0) is 49.3 Å². The maximum Gasteiger partial charge on any atom is 0.306 e. The van der Waals surface area contributed by atoms with Crippen LogP contribution in [0.4, 0.5) is 0 Å². The van der Waals surface area contributed by atoms with Gasteiger partial charge in [0, 0.05) is 6.92 Å². The van der Waals surface area contributed by atoms with Crippen molar-refractivity contribution in [2.75, 3.05) is 0 Å². The van der Waals surface area contributed by atoms with Crippen LogP contribution < -0.4 is 0 Å².